The van der Waals surface area contributed by atoms with E-state index >= 15 is 0 Å². The molecule has 136 valence electrons. The molecule has 0 saturated carbocycles. The van der Waals surface area contributed by atoms with Gasteiger partial charge in [-0.15, -0.1) is 0 Å². The number of nitrogens with one attached hydrogen (secondary N) is 2. The molecule has 2 aromatic carbocycles. The van der Waals surface area contributed by atoms with Gasteiger partial charge in [0, 0.05) is 11.6 Å². The van der Waals surface area contributed by atoms with Crippen LogP contribution in [0.1, 0.15) is 21.7 Å². The summed E-state index contributed by atoms with van der Waals surface area (Å²) in [6.07, 6.45) is 2.98. The Balaban J connectivity index is 1.78. The van der Waals surface area contributed by atoms with Gasteiger partial charge in [0.1, 0.15) is 5.70 Å². The standard InChI is InChI=1S/C21H17ClN2O3/c22-17-10-8-15(9-11-17)13-18(24-21(26)19-7-4-12-27-19)20(25)23-14-16-5-2-1-3-6-16/h1-13H,14H2,(H,23,25)(H,24,26). The van der Waals surface area contributed by atoms with Crippen LogP contribution in [0.25, 0.3) is 6.08 Å². The van der Waals surface area contributed by atoms with Crippen LogP contribution in [-0.2, 0) is 11.3 Å². The summed E-state index contributed by atoms with van der Waals surface area (Å²) in [6.45, 7) is 0.342. The summed E-state index contributed by atoms with van der Waals surface area (Å²) < 4.78 is 5.08. The first kappa shape index (κ1) is 18.5. The fourth-order valence-corrected chi connectivity index (χ4v) is 2.48. The smallest absolute Gasteiger partial charge is 0.291 e. The van der Waals surface area contributed by atoms with E-state index in [0.717, 1.165) is 11.1 Å². The van der Waals surface area contributed by atoms with Crippen molar-refractivity contribution in [3.63, 3.8) is 0 Å². The van der Waals surface area contributed by atoms with Crippen molar-refractivity contribution in [3.05, 3.63) is 101 Å². The highest BCUT2D eigenvalue weighted by Crippen LogP contribution is 2.13. The minimum absolute atomic E-state index is 0.106. The van der Waals surface area contributed by atoms with Crippen LogP contribution in [0, 0.1) is 0 Å². The normalized spacial score (nSPS) is 11.1. The molecule has 0 saturated heterocycles. The average molecular weight is 381 g/mol. The molecule has 0 spiro atoms. The minimum atomic E-state index is -0.505. The molecule has 3 aromatic rings. The highest BCUT2D eigenvalue weighted by Gasteiger charge is 2.16. The summed E-state index contributed by atoms with van der Waals surface area (Å²) in [5.74, 6) is -0.795. The van der Waals surface area contributed by atoms with E-state index in [2.05, 4.69) is 10.6 Å². The number of carbonyl (C=O) groups is 2. The molecule has 0 radical (unpaired) electrons. The monoisotopic (exact) mass is 380 g/mol. The Morgan fingerprint density at radius 3 is 2.37 bits per heavy atom. The molecule has 0 aliphatic rings. The number of carbonyl (C=O) groups excluding carboxylic acids is 2. The summed E-state index contributed by atoms with van der Waals surface area (Å²) in [5, 5.41) is 5.99. The molecule has 2 amide bonds. The second-order valence-corrected chi connectivity index (χ2v) is 6.15. The second kappa shape index (κ2) is 8.87. The third kappa shape index (κ3) is 5.33. The number of rotatable bonds is 6. The number of halogens is 1. The van der Waals surface area contributed by atoms with Crippen molar-refractivity contribution < 1.29 is 14.0 Å². The maximum Gasteiger partial charge on any atom is 0.291 e. The van der Waals surface area contributed by atoms with Crippen LogP contribution in [0.4, 0.5) is 0 Å². The van der Waals surface area contributed by atoms with Crippen molar-refractivity contribution in [1.82, 2.24) is 10.6 Å². The van der Waals surface area contributed by atoms with Gasteiger partial charge in [-0.1, -0.05) is 54.1 Å². The maximum atomic E-state index is 12.6. The van der Waals surface area contributed by atoms with Crippen molar-refractivity contribution in [2.24, 2.45) is 0 Å². The molecule has 0 unspecified atom stereocenters. The summed E-state index contributed by atoms with van der Waals surface area (Å²) in [4.78, 5) is 24.9. The van der Waals surface area contributed by atoms with Gasteiger partial charge in [0.15, 0.2) is 5.76 Å². The van der Waals surface area contributed by atoms with E-state index in [1.54, 1.807) is 36.4 Å². The van der Waals surface area contributed by atoms with Crippen molar-refractivity contribution in [2.75, 3.05) is 0 Å². The average Bonchev–Trinajstić information content (AvgIpc) is 3.23. The predicted octanol–water partition coefficient (Wildman–Crippen LogP) is 4.02. The van der Waals surface area contributed by atoms with Gasteiger partial charge < -0.3 is 15.1 Å². The largest absolute Gasteiger partial charge is 0.459 e. The van der Waals surface area contributed by atoms with Gasteiger partial charge in [0.2, 0.25) is 0 Å². The summed E-state index contributed by atoms with van der Waals surface area (Å²) in [6, 6.07) is 19.6. The van der Waals surface area contributed by atoms with Crippen molar-refractivity contribution in [2.45, 2.75) is 6.54 Å². The molecule has 5 nitrogen and oxygen atoms in total. The third-order valence-electron chi connectivity index (χ3n) is 3.71. The zero-order valence-corrected chi connectivity index (χ0v) is 15.1. The van der Waals surface area contributed by atoms with E-state index in [9.17, 15) is 9.59 Å². The van der Waals surface area contributed by atoms with Crippen LogP contribution in [0.2, 0.25) is 5.02 Å². The van der Waals surface area contributed by atoms with Gasteiger partial charge in [-0.3, -0.25) is 9.59 Å². The maximum absolute atomic E-state index is 12.6. The van der Waals surface area contributed by atoms with E-state index in [1.807, 2.05) is 30.3 Å². The Kier molecular flexibility index (Phi) is 6.07. The number of benzene rings is 2. The van der Waals surface area contributed by atoms with E-state index in [4.69, 9.17) is 16.0 Å². The Morgan fingerprint density at radius 1 is 0.963 bits per heavy atom. The minimum Gasteiger partial charge on any atom is -0.459 e. The molecular formula is C21H17ClN2O3. The van der Waals surface area contributed by atoms with E-state index < -0.39 is 11.8 Å². The van der Waals surface area contributed by atoms with Crippen LogP contribution >= 0.6 is 11.6 Å². The third-order valence-corrected chi connectivity index (χ3v) is 3.97. The fourth-order valence-electron chi connectivity index (χ4n) is 2.35. The summed E-state index contributed by atoms with van der Waals surface area (Å²) in [7, 11) is 0. The lowest BCUT2D eigenvalue weighted by Crippen LogP contribution is -2.34. The number of amides is 2. The quantitative estimate of drug-likeness (QED) is 0.634. The summed E-state index contributed by atoms with van der Waals surface area (Å²) in [5.41, 5.74) is 1.78. The van der Waals surface area contributed by atoms with Crippen LogP contribution in [0.3, 0.4) is 0 Å². The van der Waals surface area contributed by atoms with Crippen LogP contribution in [0.5, 0.6) is 0 Å². The summed E-state index contributed by atoms with van der Waals surface area (Å²) >= 11 is 5.90. The predicted molar refractivity (Wildman–Crippen MR) is 104 cm³/mol. The molecule has 1 heterocycles. The van der Waals surface area contributed by atoms with Crippen molar-refractivity contribution in [3.8, 4) is 0 Å². The Morgan fingerprint density at radius 2 is 1.70 bits per heavy atom. The van der Waals surface area contributed by atoms with Gasteiger partial charge in [-0.05, 0) is 41.5 Å². The fraction of sp³-hybridized carbons (Fsp3) is 0.0476. The first-order valence-electron chi connectivity index (χ1n) is 8.26. The van der Waals surface area contributed by atoms with Crippen molar-refractivity contribution >= 4 is 29.5 Å². The number of furan rings is 1. The van der Waals surface area contributed by atoms with Gasteiger partial charge in [0.25, 0.3) is 11.8 Å². The Hall–Kier alpha value is -3.31. The van der Waals surface area contributed by atoms with E-state index in [0.29, 0.717) is 11.6 Å². The molecule has 1 aromatic heterocycles. The highest BCUT2D eigenvalue weighted by atomic mass is 35.5. The first-order chi connectivity index (χ1) is 13.1. The van der Waals surface area contributed by atoms with E-state index in [-0.39, 0.29) is 11.5 Å². The molecule has 0 fully saturated rings. The molecule has 0 bridgehead atoms. The number of hydrogen-bond acceptors (Lipinski definition) is 3. The lowest BCUT2D eigenvalue weighted by molar-refractivity contribution is -0.117. The topological polar surface area (TPSA) is 71.3 Å². The van der Waals surface area contributed by atoms with Crippen LogP contribution < -0.4 is 10.6 Å². The van der Waals surface area contributed by atoms with Crippen LogP contribution in [0.15, 0.2) is 83.1 Å². The Bertz CT molecular complexity index is 933. The van der Waals surface area contributed by atoms with Crippen molar-refractivity contribution in [1.29, 1.82) is 0 Å². The first-order valence-corrected chi connectivity index (χ1v) is 8.64. The zero-order chi connectivity index (χ0) is 19.1. The van der Waals surface area contributed by atoms with Gasteiger partial charge in [-0.2, -0.15) is 0 Å². The molecule has 0 atom stereocenters. The van der Waals surface area contributed by atoms with E-state index in [1.165, 1.54) is 12.3 Å². The van der Waals surface area contributed by atoms with Gasteiger partial charge >= 0.3 is 0 Å². The molecule has 0 aliphatic heterocycles. The zero-order valence-electron chi connectivity index (χ0n) is 14.3. The highest BCUT2D eigenvalue weighted by molar-refractivity contribution is 6.30. The lowest BCUT2D eigenvalue weighted by Gasteiger charge is -2.10. The SMILES string of the molecule is O=C(NCc1ccccc1)C(=Cc1ccc(Cl)cc1)NC(=O)c1ccco1. The molecular weight excluding hydrogens is 364 g/mol. The molecule has 2 N–H and O–H groups in total. The molecule has 3 rings (SSSR count). The van der Waals surface area contributed by atoms with Gasteiger partial charge in [0.05, 0.1) is 6.26 Å². The van der Waals surface area contributed by atoms with Gasteiger partial charge in [-0.25, -0.2) is 0 Å². The lowest BCUT2D eigenvalue weighted by atomic mass is 10.1. The molecule has 6 heteroatoms. The van der Waals surface area contributed by atoms with Crippen LogP contribution in [-0.4, -0.2) is 11.8 Å². The second-order valence-electron chi connectivity index (χ2n) is 5.71. The number of hydrogen-bond donors (Lipinski definition) is 2. The molecule has 27 heavy (non-hydrogen) atoms. The Labute approximate surface area is 161 Å². The molecule has 0 aliphatic carbocycles.